The molecule has 190 valence electrons. The summed E-state index contributed by atoms with van der Waals surface area (Å²) in [6.07, 6.45) is 0. The molecule has 5 rings (SSSR count). The van der Waals surface area contributed by atoms with E-state index in [-0.39, 0.29) is 5.71 Å². The molecule has 3 aromatic carbocycles. The lowest BCUT2D eigenvalue weighted by atomic mass is 9.76. The van der Waals surface area contributed by atoms with E-state index in [0.29, 0.717) is 33.9 Å². The van der Waals surface area contributed by atoms with Gasteiger partial charge in [0, 0.05) is 50.2 Å². The van der Waals surface area contributed by atoms with Crippen LogP contribution in [0, 0.1) is 5.41 Å². The molecular formula is C30H32N4O3. The van der Waals surface area contributed by atoms with Crippen LogP contribution in [0.15, 0.2) is 78.2 Å². The Bertz CT molecular complexity index is 1410. The van der Waals surface area contributed by atoms with Crippen molar-refractivity contribution < 1.29 is 14.3 Å². The van der Waals surface area contributed by atoms with E-state index in [9.17, 15) is 4.79 Å². The summed E-state index contributed by atoms with van der Waals surface area (Å²) in [5.41, 5.74) is 4.33. The van der Waals surface area contributed by atoms with E-state index >= 15 is 0 Å². The van der Waals surface area contributed by atoms with Crippen LogP contribution in [-0.2, 0) is 10.3 Å². The summed E-state index contributed by atoms with van der Waals surface area (Å²) in [6.45, 7) is 7.57. The fourth-order valence-electron chi connectivity index (χ4n) is 5.46. The monoisotopic (exact) mass is 496 g/mol. The van der Waals surface area contributed by atoms with Crippen LogP contribution in [0.2, 0.25) is 0 Å². The molecule has 7 nitrogen and oxygen atoms in total. The molecule has 0 bridgehead atoms. The van der Waals surface area contributed by atoms with Gasteiger partial charge in [-0.25, -0.2) is 4.79 Å². The number of benzene rings is 3. The van der Waals surface area contributed by atoms with Crippen LogP contribution >= 0.6 is 0 Å². The Morgan fingerprint density at radius 1 is 0.973 bits per heavy atom. The van der Waals surface area contributed by atoms with E-state index in [0.717, 1.165) is 30.2 Å². The summed E-state index contributed by atoms with van der Waals surface area (Å²) in [4.78, 5) is 17.6. The first-order valence-electron chi connectivity index (χ1n) is 12.6. The highest BCUT2D eigenvalue weighted by Gasteiger charge is 2.56. The van der Waals surface area contributed by atoms with E-state index < -0.39 is 11.6 Å². The molecule has 0 radical (unpaired) electrons. The molecule has 2 aliphatic heterocycles. The second-order valence-electron chi connectivity index (χ2n) is 9.20. The van der Waals surface area contributed by atoms with Crippen LogP contribution in [0.25, 0.3) is 0 Å². The number of carbonyl (C=O) groups is 1. The molecule has 0 saturated heterocycles. The highest BCUT2D eigenvalue weighted by molar-refractivity contribution is 6.05. The molecule has 37 heavy (non-hydrogen) atoms. The van der Waals surface area contributed by atoms with Gasteiger partial charge in [-0.05, 0) is 45.0 Å². The highest BCUT2D eigenvalue weighted by Crippen LogP contribution is 2.55. The molecule has 2 N–H and O–H groups in total. The van der Waals surface area contributed by atoms with Crippen molar-refractivity contribution in [1.82, 2.24) is 5.32 Å². The Balaban J connectivity index is 1.86. The Morgan fingerprint density at radius 2 is 1.65 bits per heavy atom. The predicted molar refractivity (Wildman–Crippen MR) is 147 cm³/mol. The molecule has 0 aromatic heterocycles. The van der Waals surface area contributed by atoms with Gasteiger partial charge in [-0.1, -0.05) is 36.4 Å². The van der Waals surface area contributed by atoms with Crippen molar-refractivity contribution >= 4 is 28.7 Å². The largest absolute Gasteiger partial charge is 0.440 e. The molecule has 0 fully saturated rings. The van der Waals surface area contributed by atoms with E-state index in [1.54, 1.807) is 20.0 Å². The number of hydrogen-bond acceptors (Lipinski definition) is 7. The normalized spacial score (nSPS) is 17.6. The summed E-state index contributed by atoms with van der Waals surface area (Å²) in [5.74, 6) is 0.577. The third-order valence-electron chi connectivity index (χ3n) is 7.23. The van der Waals surface area contributed by atoms with Crippen molar-refractivity contribution in [3.05, 3.63) is 94.9 Å². The number of esters is 1. The Morgan fingerprint density at radius 3 is 2.30 bits per heavy atom. The maximum absolute atomic E-state index is 13.2. The number of ether oxygens (including phenoxy) is 2. The molecular weight excluding hydrogens is 464 g/mol. The zero-order valence-corrected chi connectivity index (χ0v) is 21.9. The summed E-state index contributed by atoms with van der Waals surface area (Å²) in [5, 5.41) is 11.8. The van der Waals surface area contributed by atoms with Crippen molar-refractivity contribution in [1.29, 1.82) is 5.41 Å². The van der Waals surface area contributed by atoms with Gasteiger partial charge < -0.3 is 30.0 Å². The van der Waals surface area contributed by atoms with Gasteiger partial charge in [0.1, 0.15) is 5.75 Å². The predicted octanol–water partition coefficient (Wildman–Crippen LogP) is 5.58. The molecule has 3 aromatic rings. The number of anilines is 3. The molecule has 0 aliphatic carbocycles. The van der Waals surface area contributed by atoms with Gasteiger partial charge in [0.25, 0.3) is 0 Å². The maximum Gasteiger partial charge on any atom is 0.340 e. The maximum atomic E-state index is 13.2. The number of fused-ring (bicyclic) bond motifs is 4. The molecule has 1 unspecified atom stereocenters. The Hall–Kier alpha value is -4.26. The van der Waals surface area contributed by atoms with E-state index in [2.05, 4.69) is 47.2 Å². The third kappa shape index (κ3) is 3.65. The van der Waals surface area contributed by atoms with Gasteiger partial charge in [-0.2, -0.15) is 0 Å². The van der Waals surface area contributed by atoms with Crippen LogP contribution in [0.5, 0.6) is 5.75 Å². The average Bonchev–Trinajstić information content (AvgIpc) is 3.21. The summed E-state index contributed by atoms with van der Waals surface area (Å²) in [6, 6.07) is 21.6. The molecule has 2 aliphatic rings. The second kappa shape index (κ2) is 9.32. The standard InChI is InChI=1S/C30H32N4O3/c1-6-34(7-2)25-18-26-23(17-24(25)33(5)20-13-9-8-10-14-20)30(27(19(3)31)28(32-4)36-26)22-16-12-11-15-21(22)29(35)37-30/h8-18,31-32H,6-7H2,1-5H3. The third-order valence-corrected chi connectivity index (χ3v) is 7.23. The molecule has 1 spiro atoms. The van der Waals surface area contributed by atoms with Gasteiger partial charge in [-0.3, -0.25) is 0 Å². The molecule has 0 saturated carbocycles. The van der Waals surface area contributed by atoms with Crippen LogP contribution in [0.3, 0.4) is 0 Å². The van der Waals surface area contributed by atoms with Crippen molar-refractivity contribution in [2.75, 3.05) is 37.0 Å². The fraction of sp³-hybridized carbons (Fsp3) is 0.267. The van der Waals surface area contributed by atoms with E-state index in [1.165, 1.54) is 0 Å². The first kappa shape index (κ1) is 24.4. The van der Waals surface area contributed by atoms with Gasteiger partial charge in [0.05, 0.1) is 28.1 Å². The first-order chi connectivity index (χ1) is 17.9. The number of carbonyl (C=O) groups excluding carboxylic acids is 1. The number of rotatable bonds is 7. The minimum Gasteiger partial charge on any atom is -0.440 e. The zero-order valence-electron chi connectivity index (χ0n) is 21.9. The van der Waals surface area contributed by atoms with Gasteiger partial charge in [0.15, 0.2) is 5.60 Å². The minimum atomic E-state index is -1.31. The molecule has 1 atom stereocenters. The lowest BCUT2D eigenvalue weighted by Crippen LogP contribution is -2.41. The average molecular weight is 497 g/mol. The van der Waals surface area contributed by atoms with Crippen LogP contribution < -0.4 is 19.9 Å². The Kier molecular flexibility index (Phi) is 6.15. The lowest BCUT2D eigenvalue weighted by molar-refractivity contribution is 0.0218. The highest BCUT2D eigenvalue weighted by atomic mass is 16.6. The minimum absolute atomic E-state index is 0.255. The summed E-state index contributed by atoms with van der Waals surface area (Å²) >= 11 is 0. The summed E-state index contributed by atoms with van der Waals surface area (Å²) < 4.78 is 12.7. The second-order valence-corrected chi connectivity index (χ2v) is 9.20. The van der Waals surface area contributed by atoms with Crippen molar-refractivity contribution in [3.8, 4) is 5.75 Å². The Labute approximate surface area is 217 Å². The van der Waals surface area contributed by atoms with Crippen molar-refractivity contribution in [3.63, 3.8) is 0 Å². The number of nitrogens with one attached hydrogen (secondary N) is 2. The van der Waals surface area contributed by atoms with E-state index in [1.807, 2.05) is 49.5 Å². The SMILES string of the molecule is CCN(CC)c1cc2c(cc1N(C)c1ccccc1)C1(OC(=O)c3ccccc31)C(C(C)=N)=C(NC)O2. The topological polar surface area (TPSA) is 77.9 Å². The zero-order chi connectivity index (χ0) is 26.3. The smallest absolute Gasteiger partial charge is 0.340 e. The van der Waals surface area contributed by atoms with Crippen LogP contribution in [-0.4, -0.2) is 38.9 Å². The molecule has 2 heterocycles. The van der Waals surface area contributed by atoms with Gasteiger partial charge in [-0.15, -0.1) is 0 Å². The van der Waals surface area contributed by atoms with Crippen molar-refractivity contribution in [2.45, 2.75) is 26.4 Å². The van der Waals surface area contributed by atoms with Crippen LogP contribution in [0.1, 0.15) is 42.3 Å². The lowest BCUT2D eigenvalue weighted by Gasteiger charge is -2.40. The van der Waals surface area contributed by atoms with E-state index in [4.69, 9.17) is 14.9 Å². The quantitative estimate of drug-likeness (QED) is 0.329. The number of nitrogens with zero attached hydrogens (tertiary/aromatic N) is 2. The number of para-hydroxylation sites is 1. The number of hydrogen-bond donors (Lipinski definition) is 2. The van der Waals surface area contributed by atoms with Gasteiger partial charge in [0.2, 0.25) is 5.88 Å². The fourth-order valence-corrected chi connectivity index (χ4v) is 5.46. The van der Waals surface area contributed by atoms with Gasteiger partial charge >= 0.3 is 5.97 Å². The molecule has 0 amide bonds. The van der Waals surface area contributed by atoms with Crippen LogP contribution in [0.4, 0.5) is 17.1 Å². The molecule has 7 heteroatoms. The summed E-state index contributed by atoms with van der Waals surface area (Å²) in [7, 11) is 3.79. The van der Waals surface area contributed by atoms with Crippen molar-refractivity contribution in [2.24, 2.45) is 0 Å². The first-order valence-corrected chi connectivity index (χ1v) is 12.6.